The van der Waals surface area contributed by atoms with Gasteiger partial charge in [0, 0.05) is 6.42 Å². The number of carbonyl (C=O) groups excluding carboxylic acids is 1. The van der Waals surface area contributed by atoms with Gasteiger partial charge in [-0.25, -0.2) is 0 Å². The third kappa shape index (κ3) is 5.45. The van der Waals surface area contributed by atoms with Gasteiger partial charge < -0.3 is 9.47 Å². The number of methoxy groups -OCH3 is 1. The highest BCUT2D eigenvalue weighted by molar-refractivity contribution is 5.39. The lowest BCUT2D eigenvalue weighted by Gasteiger charge is -2.05. The van der Waals surface area contributed by atoms with Crippen LogP contribution >= 0.6 is 0 Å². The highest BCUT2D eigenvalue weighted by Crippen LogP contribution is 2.10. The Labute approximate surface area is 67.0 Å². The molecule has 0 saturated heterocycles. The van der Waals surface area contributed by atoms with Crippen LogP contribution in [0.1, 0.15) is 20.3 Å². The summed E-state index contributed by atoms with van der Waals surface area (Å²) >= 11 is 0. The molecule has 0 aromatic carbocycles. The van der Waals surface area contributed by atoms with Gasteiger partial charge in [-0.15, -0.1) is 0 Å². The minimum atomic E-state index is 0.410. The first-order valence-electron chi connectivity index (χ1n) is 3.52. The van der Waals surface area contributed by atoms with Crippen LogP contribution in [0.5, 0.6) is 0 Å². The average Bonchev–Trinajstić information content (AvgIpc) is 1.87. The molecule has 0 atom stereocenters. The van der Waals surface area contributed by atoms with E-state index in [-0.39, 0.29) is 0 Å². The molecule has 0 aliphatic heterocycles. The van der Waals surface area contributed by atoms with Gasteiger partial charge in [-0.1, -0.05) is 13.8 Å². The van der Waals surface area contributed by atoms with Crippen LogP contribution in [0.15, 0.2) is 12.0 Å². The third-order valence-electron chi connectivity index (χ3n) is 1.06. The Balaban J connectivity index is 3.88. The molecule has 11 heavy (non-hydrogen) atoms. The van der Waals surface area contributed by atoms with E-state index in [0.29, 0.717) is 24.6 Å². The van der Waals surface area contributed by atoms with E-state index in [9.17, 15) is 4.79 Å². The standard InChI is InChI=1S/C8H14O3/c1-7(2)4-8(5-10-3)11-6-9/h5-7H,4H2,1-3H3/b8-5-. The van der Waals surface area contributed by atoms with Crippen LogP contribution in [0.4, 0.5) is 0 Å². The largest absolute Gasteiger partial charge is 0.501 e. The molecule has 0 aromatic rings. The number of hydrogen-bond donors (Lipinski definition) is 0. The second-order valence-corrected chi connectivity index (χ2v) is 2.63. The second-order valence-electron chi connectivity index (χ2n) is 2.63. The number of carbonyl (C=O) groups is 1. The Hall–Kier alpha value is -0.990. The van der Waals surface area contributed by atoms with E-state index in [4.69, 9.17) is 4.74 Å². The molecule has 0 amide bonds. The molecule has 0 aromatic heterocycles. The van der Waals surface area contributed by atoms with Gasteiger partial charge in [0.05, 0.1) is 7.11 Å². The maximum Gasteiger partial charge on any atom is 0.298 e. The number of allylic oxidation sites excluding steroid dienone is 1. The van der Waals surface area contributed by atoms with E-state index >= 15 is 0 Å². The number of rotatable bonds is 5. The first-order valence-corrected chi connectivity index (χ1v) is 3.52. The van der Waals surface area contributed by atoms with Crippen molar-refractivity contribution in [1.82, 2.24) is 0 Å². The van der Waals surface area contributed by atoms with Gasteiger partial charge in [-0.3, -0.25) is 4.79 Å². The molecule has 0 saturated carbocycles. The van der Waals surface area contributed by atoms with Crippen molar-refractivity contribution in [2.45, 2.75) is 20.3 Å². The molecule has 0 N–H and O–H groups in total. The lowest BCUT2D eigenvalue weighted by atomic mass is 10.1. The van der Waals surface area contributed by atoms with E-state index in [1.807, 2.05) is 13.8 Å². The van der Waals surface area contributed by atoms with Crippen molar-refractivity contribution in [3.63, 3.8) is 0 Å². The summed E-state index contributed by atoms with van der Waals surface area (Å²) in [6, 6.07) is 0. The van der Waals surface area contributed by atoms with Crippen LogP contribution < -0.4 is 0 Å². The number of ether oxygens (including phenoxy) is 2. The summed E-state index contributed by atoms with van der Waals surface area (Å²) in [4.78, 5) is 9.95. The molecule has 0 spiro atoms. The molecule has 0 fully saturated rings. The van der Waals surface area contributed by atoms with E-state index in [0.717, 1.165) is 0 Å². The summed E-state index contributed by atoms with van der Waals surface area (Å²) in [7, 11) is 1.52. The lowest BCUT2D eigenvalue weighted by Crippen LogP contribution is -1.96. The quantitative estimate of drug-likeness (QED) is 0.451. The zero-order valence-electron chi connectivity index (χ0n) is 7.16. The zero-order chi connectivity index (χ0) is 8.69. The van der Waals surface area contributed by atoms with E-state index < -0.39 is 0 Å². The maximum atomic E-state index is 9.95. The van der Waals surface area contributed by atoms with Crippen LogP contribution in [0.25, 0.3) is 0 Å². The molecular formula is C8H14O3. The molecule has 0 unspecified atom stereocenters. The predicted octanol–water partition coefficient (Wildman–Crippen LogP) is 1.69. The summed E-state index contributed by atoms with van der Waals surface area (Å²) in [5.41, 5.74) is 0. The summed E-state index contributed by atoms with van der Waals surface area (Å²) in [6.07, 6.45) is 2.15. The van der Waals surface area contributed by atoms with Gasteiger partial charge in [0.1, 0.15) is 12.0 Å². The van der Waals surface area contributed by atoms with Gasteiger partial charge in [-0.05, 0) is 5.92 Å². The van der Waals surface area contributed by atoms with E-state index in [1.54, 1.807) is 0 Å². The Bertz CT molecular complexity index is 138. The fourth-order valence-corrected chi connectivity index (χ4v) is 0.720. The topological polar surface area (TPSA) is 35.5 Å². The Morgan fingerprint density at radius 3 is 2.55 bits per heavy atom. The molecule has 0 aliphatic carbocycles. The van der Waals surface area contributed by atoms with Crippen molar-refractivity contribution in [3.05, 3.63) is 12.0 Å². The van der Waals surface area contributed by atoms with Gasteiger partial charge in [0.2, 0.25) is 0 Å². The zero-order valence-corrected chi connectivity index (χ0v) is 7.16. The average molecular weight is 158 g/mol. The molecule has 64 valence electrons. The second kappa shape index (κ2) is 5.77. The van der Waals surface area contributed by atoms with Crippen molar-refractivity contribution in [2.75, 3.05) is 7.11 Å². The normalized spacial score (nSPS) is 11.5. The first-order chi connectivity index (χ1) is 5.20. The fraction of sp³-hybridized carbons (Fsp3) is 0.625. The van der Waals surface area contributed by atoms with Crippen molar-refractivity contribution in [1.29, 1.82) is 0 Å². The van der Waals surface area contributed by atoms with Gasteiger partial charge in [0.15, 0.2) is 0 Å². The summed E-state index contributed by atoms with van der Waals surface area (Å²) in [5, 5.41) is 0. The minimum absolute atomic E-state index is 0.410. The SMILES string of the molecule is CO/C=C(/CC(C)C)OC=O. The Kier molecular flexibility index (Phi) is 5.25. The smallest absolute Gasteiger partial charge is 0.298 e. The summed E-state index contributed by atoms with van der Waals surface area (Å²) in [6.45, 7) is 4.49. The van der Waals surface area contributed by atoms with Crippen LogP contribution in [0, 0.1) is 5.92 Å². The molecule has 0 bridgehead atoms. The maximum absolute atomic E-state index is 9.95. The summed E-state index contributed by atoms with van der Waals surface area (Å²) < 4.78 is 9.36. The molecule has 3 heteroatoms. The van der Waals surface area contributed by atoms with Crippen molar-refractivity contribution < 1.29 is 14.3 Å². The molecule has 0 aliphatic rings. The Morgan fingerprint density at radius 1 is 1.55 bits per heavy atom. The fourth-order valence-electron chi connectivity index (χ4n) is 0.720. The molecule has 0 radical (unpaired) electrons. The van der Waals surface area contributed by atoms with Gasteiger partial charge in [0.25, 0.3) is 6.47 Å². The number of hydrogen-bond acceptors (Lipinski definition) is 3. The summed E-state index contributed by atoms with van der Waals surface area (Å²) in [5.74, 6) is 1.02. The minimum Gasteiger partial charge on any atom is -0.501 e. The lowest BCUT2D eigenvalue weighted by molar-refractivity contribution is -0.125. The van der Waals surface area contributed by atoms with E-state index in [2.05, 4.69) is 4.74 Å². The van der Waals surface area contributed by atoms with Crippen LogP contribution in [-0.4, -0.2) is 13.6 Å². The highest BCUT2D eigenvalue weighted by atomic mass is 16.5. The molecule has 3 nitrogen and oxygen atoms in total. The van der Waals surface area contributed by atoms with Crippen LogP contribution in [0.3, 0.4) is 0 Å². The third-order valence-corrected chi connectivity index (χ3v) is 1.06. The predicted molar refractivity (Wildman–Crippen MR) is 41.7 cm³/mol. The van der Waals surface area contributed by atoms with Crippen molar-refractivity contribution in [2.24, 2.45) is 5.92 Å². The monoisotopic (exact) mass is 158 g/mol. The van der Waals surface area contributed by atoms with Crippen LogP contribution in [-0.2, 0) is 14.3 Å². The van der Waals surface area contributed by atoms with Crippen LogP contribution in [0.2, 0.25) is 0 Å². The highest BCUT2D eigenvalue weighted by Gasteiger charge is 2.01. The van der Waals surface area contributed by atoms with Crippen molar-refractivity contribution in [3.8, 4) is 0 Å². The molecule has 0 rings (SSSR count). The van der Waals surface area contributed by atoms with Gasteiger partial charge >= 0.3 is 0 Å². The molecular weight excluding hydrogens is 144 g/mol. The molecule has 0 heterocycles. The first kappa shape index (κ1) is 10.0. The Morgan fingerprint density at radius 2 is 2.18 bits per heavy atom. The van der Waals surface area contributed by atoms with Crippen molar-refractivity contribution >= 4 is 6.47 Å². The van der Waals surface area contributed by atoms with Gasteiger partial charge in [-0.2, -0.15) is 0 Å². The van der Waals surface area contributed by atoms with E-state index in [1.165, 1.54) is 13.4 Å².